The molecule has 102 valence electrons. The average molecular weight is 330 g/mol. The molecule has 0 unspecified atom stereocenters. The van der Waals surface area contributed by atoms with Crippen LogP contribution in [0.2, 0.25) is 0 Å². The molecule has 0 aliphatic rings. The van der Waals surface area contributed by atoms with Gasteiger partial charge in [-0.2, -0.15) is 0 Å². The third-order valence-electron chi connectivity index (χ3n) is 3.57. The maximum Gasteiger partial charge on any atom is 0.119 e. The number of benzene rings is 2. The predicted octanol–water partition coefficient (Wildman–Crippen LogP) is 4.77. The van der Waals surface area contributed by atoms with Gasteiger partial charge in [-0.1, -0.05) is 28.1 Å². The highest BCUT2D eigenvalue weighted by Crippen LogP contribution is 2.25. The Morgan fingerprint density at radius 3 is 2.50 bits per heavy atom. The lowest BCUT2D eigenvalue weighted by atomic mass is 10.2. The van der Waals surface area contributed by atoms with Gasteiger partial charge in [-0.15, -0.1) is 0 Å². The van der Waals surface area contributed by atoms with E-state index in [0.29, 0.717) is 0 Å². The normalized spacial score (nSPS) is 10.9. The number of hydrogen-bond donors (Lipinski definition) is 0. The molecule has 2 aromatic carbocycles. The van der Waals surface area contributed by atoms with Crippen LogP contribution in [0, 0.1) is 6.92 Å². The van der Waals surface area contributed by atoms with Gasteiger partial charge in [0.1, 0.15) is 5.75 Å². The molecule has 1 aromatic heterocycles. The molecule has 0 saturated carbocycles. The number of rotatable bonds is 3. The minimum atomic E-state index is 0.884. The second-order valence-electron chi connectivity index (χ2n) is 4.92. The average Bonchev–Trinajstić information content (AvgIpc) is 2.76. The number of fused-ring (bicyclic) bond motifs is 1. The topological polar surface area (TPSA) is 14.2 Å². The fraction of sp³-hybridized carbons (Fsp3) is 0.176. The number of methoxy groups -OCH3 is 1. The third-order valence-corrected chi connectivity index (χ3v) is 4.10. The van der Waals surface area contributed by atoms with Crippen molar-refractivity contribution in [2.24, 2.45) is 0 Å². The van der Waals surface area contributed by atoms with Crippen molar-refractivity contribution in [1.82, 2.24) is 4.57 Å². The van der Waals surface area contributed by atoms with E-state index in [1.54, 1.807) is 7.11 Å². The minimum absolute atomic E-state index is 0.884. The first kappa shape index (κ1) is 13.3. The van der Waals surface area contributed by atoms with Gasteiger partial charge in [0.2, 0.25) is 0 Å². The van der Waals surface area contributed by atoms with Gasteiger partial charge in [-0.05, 0) is 48.9 Å². The van der Waals surface area contributed by atoms with Crippen LogP contribution >= 0.6 is 15.9 Å². The van der Waals surface area contributed by atoms with Crippen LogP contribution in [0.1, 0.15) is 11.3 Å². The van der Waals surface area contributed by atoms with Crippen LogP contribution in [0.4, 0.5) is 0 Å². The molecular formula is C17H16BrNO. The smallest absolute Gasteiger partial charge is 0.119 e. The summed E-state index contributed by atoms with van der Waals surface area (Å²) in [5.41, 5.74) is 3.80. The molecule has 3 rings (SSSR count). The van der Waals surface area contributed by atoms with E-state index in [0.717, 1.165) is 16.8 Å². The highest BCUT2D eigenvalue weighted by Gasteiger charge is 2.07. The Morgan fingerprint density at radius 2 is 1.80 bits per heavy atom. The molecule has 3 heteroatoms. The van der Waals surface area contributed by atoms with Crippen LogP contribution in [-0.2, 0) is 6.54 Å². The van der Waals surface area contributed by atoms with E-state index in [2.05, 4.69) is 69.9 Å². The summed E-state index contributed by atoms with van der Waals surface area (Å²) in [4.78, 5) is 0. The quantitative estimate of drug-likeness (QED) is 0.675. The lowest BCUT2D eigenvalue weighted by Gasteiger charge is -2.09. The molecule has 0 atom stereocenters. The van der Waals surface area contributed by atoms with Gasteiger partial charge in [0, 0.05) is 27.6 Å². The van der Waals surface area contributed by atoms with Crippen molar-refractivity contribution < 1.29 is 4.74 Å². The molecule has 1 heterocycles. The number of aromatic nitrogens is 1. The maximum absolute atomic E-state index is 5.29. The second-order valence-corrected chi connectivity index (χ2v) is 5.84. The molecule has 0 amide bonds. The zero-order chi connectivity index (χ0) is 14.1. The third kappa shape index (κ3) is 2.46. The fourth-order valence-electron chi connectivity index (χ4n) is 2.50. The van der Waals surface area contributed by atoms with Gasteiger partial charge in [0.05, 0.1) is 7.11 Å². The predicted molar refractivity (Wildman–Crippen MR) is 86.5 cm³/mol. The van der Waals surface area contributed by atoms with E-state index in [9.17, 15) is 0 Å². The second kappa shape index (κ2) is 5.33. The summed E-state index contributed by atoms with van der Waals surface area (Å²) in [6, 6.07) is 16.9. The molecule has 0 bridgehead atoms. The zero-order valence-corrected chi connectivity index (χ0v) is 13.1. The molecule has 3 aromatic rings. The fourth-order valence-corrected chi connectivity index (χ4v) is 2.76. The molecule has 2 nitrogen and oxygen atoms in total. The number of aryl methyl sites for hydroxylation is 1. The van der Waals surface area contributed by atoms with Crippen LogP contribution < -0.4 is 4.74 Å². The van der Waals surface area contributed by atoms with E-state index in [1.165, 1.54) is 22.2 Å². The van der Waals surface area contributed by atoms with Crippen molar-refractivity contribution >= 4 is 26.8 Å². The Balaban J connectivity index is 2.02. The van der Waals surface area contributed by atoms with Crippen molar-refractivity contribution in [3.8, 4) is 5.75 Å². The molecule has 0 aliphatic carbocycles. The summed E-state index contributed by atoms with van der Waals surface area (Å²) in [5, 5.41) is 1.22. The van der Waals surface area contributed by atoms with Gasteiger partial charge >= 0.3 is 0 Å². The van der Waals surface area contributed by atoms with Gasteiger partial charge in [0.25, 0.3) is 0 Å². The lowest BCUT2D eigenvalue weighted by molar-refractivity contribution is 0.415. The van der Waals surface area contributed by atoms with Crippen LogP contribution in [-0.4, -0.2) is 11.7 Å². The molecule has 0 fully saturated rings. The first-order chi connectivity index (χ1) is 9.67. The largest absolute Gasteiger partial charge is 0.497 e. The Labute approximate surface area is 127 Å². The zero-order valence-electron chi connectivity index (χ0n) is 11.6. The first-order valence-corrected chi connectivity index (χ1v) is 7.35. The van der Waals surface area contributed by atoms with E-state index in [-0.39, 0.29) is 0 Å². The first-order valence-electron chi connectivity index (χ1n) is 6.56. The standard InChI is InChI=1S/C17H16BrNO/c1-12-9-14-10-16(20-2)7-8-17(14)19(12)11-13-3-5-15(18)6-4-13/h3-10H,11H2,1-2H3. The Kier molecular flexibility index (Phi) is 3.53. The summed E-state index contributed by atoms with van der Waals surface area (Å²) < 4.78 is 8.73. The number of ether oxygens (including phenoxy) is 1. The molecule has 0 saturated heterocycles. The lowest BCUT2D eigenvalue weighted by Crippen LogP contribution is -2.01. The highest BCUT2D eigenvalue weighted by atomic mass is 79.9. The molecule has 0 aliphatic heterocycles. The Hall–Kier alpha value is -1.74. The van der Waals surface area contributed by atoms with E-state index < -0.39 is 0 Å². The summed E-state index contributed by atoms with van der Waals surface area (Å²) >= 11 is 3.47. The van der Waals surface area contributed by atoms with E-state index in [4.69, 9.17) is 4.74 Å². The SMILES string of the molecule is COc1ccc2c(c1)cc(C)n2Cc1ccc(Br)cc1. The number of nitrogens with zero attached hydrogens (tertiary/aromatic N) is 1. The van der Waals surface area contributed by atoms with Gasteiger partial charge in [-0.25, -0.2) is 0 Å². The Morgan fingerprint density at radius 1 is 1.05 bits per heavy atom. The summed E-state index contributed by atoms with van der Waals surface area (Å²) in [7, 11) is 1.70. The van der Waals surface area contributed by atoms with Crippen molar-refractivity contribution in [3.05, 3.63) is 64.3 Å². The van der Waals surface area contributed by atoms with Crippen molar-refractivity contribution in [1.29, 1.82) is 0 Å². The van der Waals surface area contributed by atoms with Crippen molar-refractivity contribution in [2.75, 3.05) is 7.11 Å². The molecule has 0 N–H and O–H groups in total. The van der Waals surface area contributed by atoms with Gasteiger partial charge in [-0.3, -0.25) is 0 Å². The molecular weight excluding hydrogens is 314 g/mol. The highest BCUT2D eigenvalue weighted by molar-refractivity contribution is 9.10. The molecule has 0 spiro atoms. The van der Waals surface area contributed by atoms with Gasteiger partial charge in [0.15, 0.2) is 0 Å². The molecule has 20 heavy (non-hydrogen) atoms. The monoisotopic (exact) mass is 329 g/mol. The molecule has 0 radical (unpaired) electrons. The summed E-state index contributed by atoms with van der Waals surface area (Å²) in [6.45, 7) is 3.03. The maximum atomic E-state index is 5.29. The number of halogens is 1. The van der Waals surface area contributed by atoms with Crippen LogP contribution in [0.3, 0.4) is 0 Å². The summed E-state index contributed by atoms with van der Waals surface area (Å²) in [5.74, 6) is 0.901. The van der Waals surface area contributed by atoms with Crippen molar-refractivity contribution in [3.63, 3.8) is 0 Å². The van der Waals surface area contributed by atoms with E-state index in [1.807, 2.05) is 6.07 Å². The Bertz CT molecular complexity index is 744. The number of hydrogen-bond acceptors (Lipinski definition) is 1. The summed E-state index contributed by atoms with van der Waals surface area (Å²) in [6.07, 6.45) is 0. The van der Waals surface area contributed by atoms with E-state index >= 15 is 0 Å². The van der Waals surface area contributed by atoms with Crippen molar-refractivity contribution in [2.45, 2.75) is 13.5 Å². The van der Waals surface area contributed by atoms with Crippen LogP contribution in [0.15, 0.2) is 53.0 Å². The van der Waals surface area contributed by atoms with Gasteiger partial charge < -0.3 is 9.30 Å². The van der Waals surface area contributed by atoms with Crippen LogP contribution in [0.25, 0.3) is 10.9 Å². The van der Waals surface area contributed by atoms with Crippen LogP contribution in [0.5, 0.6) is 5.75 Å². The minimum Gasteiger partial charge on any atom is -0.497 e.